The Balaban J connectivity index is 1.24. The van der Waals surface area contributed by atoms with E-state index in [0.29, 0.717) is 37.7 Å². The van der Waals surface area contributed by atoms with Crippen LogP contribution in [0.2, 0.25) is 0 Å². The summed E-state index contributed by atoms with van der Waals surface area (Å²) in [5, 5.41) is 2.95. The number of methoxy groups -OCH3 is 1. The maximum Gasteiger partial charge on any atom is 0.317 e. The van der Waals surface area contributed by atoms with Gasteiger partial charge in [-0.1, -0.05) is 36.4 Å². The van der Waals surface area contributed by atoms with E-state index in [4.69, 9.17) is 14.2 Å². The minimum Gasteiger partial charge on any atom is -0.493 e. The summed E-state index contributed by atoms with van der Waals surface area (Å²) in [6, 6.07) is 19.9. The van der Waals surface area contributed by atoms with Crippen LogP contribution in [0.3, 0.4) is 0 Å². The monoisotopic (exact) mass is 459 g/mol. The summed E-state index contributed by atoms with van der Waals surface area (Å²) in [5.74, 6) is 1.40. The molecule has 7 nitrogen and oxygen atoms in total. The van der Waals surface area contributed by atoms with Gasteiger partial charge >= 0.3 is 6.03 Å². The number of fused-ring (bicyclic) bond motifs is 1. The number of aromatic nitrogens is 1. The molecule has 1 saturated heterocycles. The number of carbonyl (C=O) groups is 1. The van der Waals surface area contributed by atoms with Crippen LogP contribution in [0.25, 0.3) is 0 Å². The van der Waals surface area contributed by atoms with Gasteiger partial charge in [0.1, 0.15) is 12.2 Å². The van der Waals surface area contributed by atoms with Crippen molar-refractivity contribution < 1.29 is 19.0 Å². The van der Waals surface area contributed by atoms with Gasteiger partial charge in [-0.05, 0) is 41.0 Å². The van der Waals surface area contributed by atoms with E-state index in [2.05, 4.69) is 34.6 Å². The van der Waals surface area contributed by atoms with E-state index in [-0.39, 0.29) is 18.2 Å². The van der Waals surface area contributed by atoms with E-state index in [0.717, 1.165) is 24.1 Å². The molecule has 0 spiro atoms. The third-order valence-electron chi connectivity index (χ3n) is 6.37. The Morgan fingerprint density at radius 3 is 2.62 bits per heavy atom. The number of rotatable bonds is 6. The second-order valence-corrected chi connectivity index (χ2v) is 8.61. The first kappa shape index (κ1) is 22.2. The average molecular weight is 460 g/mol. The van der Waals surface area contributed by atoms with Crippen molar-refractivity contribution in [3.63, 3.8) is 0 Å². The van der Waals surface area contributed by atoms with Gasteiger partial charge in [0.25, 0.3) is 0 Å². The molecule has 2 aromatic carbocycles. The second-order valence-electron chi connectivity index (χ2n) is 8.61. The van der Waals surface area contributed by atoms with E-state index < -0.39 is 0 Å². The Bertz CT molecular complexity index is 1110. The summed E-state index contributed by atoms with van der Waals surface area (Å²) >= 11 is 0. The van der Waals surface area contributed by atoms with Crippen LogP contribution in [0, 0.1) is 0 Å². The normalized spacial score (nSPS) is 17.8. The number of carbonyl (C=O) groups excluding carboxylic acids is 1. The number of hydrogen-bond acceptors (Lipinski definition) is 5. The first-order chi connectivity index (χ1) is 16.7. The van der Waals surface area contributed by atoms with Crippen molar-refractivity contribution >= 4 is 6.03 Å². The van der Waals surface area contributed by atoms with Crippen LogP contribution in [-0.2, 0) is 24.1 Å². The van der Waals surface area contributed by atoms with E-state index in [1.165, 1.54) is 11.1 Å². The van der Waals surface area contributed by atoms with E-state index in [1.54, 1.807) is 18.2 Å². The zero-order valence-electron chi connectivity index (χ0n) is 19.3. The van der Waals surface area contributed by atoms with Crippen LogP contribution in [-0.4, -0.2) is 48.8 Å². The number of morpholine rings is 1. The largest absolute Gasteiger partial charge is 0.493 e. The lowest BCUT2D eigenvalue weighted by atomic mass is 10.1. The second kappa shape index (κ2) is 10.1. The molecule has 0 bridgehead atoms. The lowest BCUT2D eigenvalue weighted by Gasteiger charge is -2.33. The van der Waals surface area contributed by atoms with Crippen molar-refractivity contribution in [1.29, 1.82) is 0 Å². The molecular weight excluding hydrogens is 430 g/mol. The molecule has 7 heteroatoms. The molecule has 1 aliphatic heterocycles. The van der Waals surface area contributed by atoms with Crippen LogP contribution in [0.4, 0.5) is 4.79 Å². The number of benzene rings is 2. The molecule has 2 amide bonds. The highest BCUT2D eigenvalue weighted by molar-refractivity contribution is 5.74. The van der Waals surface area contributed by atoms with E-state index >= 15 is 0 Å². The zero-order valence-corrected chi connectivity index (χ0v) is 19.3. The standard InChI is InChI=1S/C27H29N3O4/c1-32-24-10-9-21(16-25(24)34-23-14-19-6-2-3-7-20(19)15-23)26-18-30(12-13-33-26)27(31)29-17-22-8-4-5-11-28-22/h2-11,16,23,26H,12-15,17-18H2,1H3,(H,29,31). The van der Waals surface area contributed by atoms with Crippen LogP contribution in [0.15, 0.2) is 66.9 Å². The minimum atomic E-state index is -0.233. The molecule has 3 aromatic rings. The van der Waals surface area contributed by atoms with Crippen LogP contribution in [0.5, 0.6) is 11.5 Å². The van der Waals surface area contributed by atoms with Crippen LogP contribution < -0.4 is 14.8 Å². The van der Waals surface area contributed by atoms with Crippen molar-refractivity contribution in [3.05, 3.63) is 89.2 Å². The van der Waals surface area contributed by atoms with Crippen molar-refractivity contribution in [2.75, 3.05) is 26.8 Å². The number of nitrogens with one attached hydrogen (secondary N) is 1. The smallest absolute Gasteiger partial charge is 0.317 e. The van der Waals surface area contributed by atoms with Gasteiger partial charge in [-0.3, -0.25) is 4.98 Å². The highest BCUT2D eigenvalue weighted by Crippen LogP contribution is 2.35. The molecule has 34 heavy (non-hydrogen) atoms. The average Bonchev–Trinajstić information content (AvgIpc) is 3.30. The number of amides is 2. The van der Waals surface area contributed by atoms with Crippen molar-refractivity contribution in [3.8, 4) is 11.5 Å². The summed E-state index contributed by atoms with van der Waals surface area (Å²) < 4.78 is 18.0. The molecule has 1 N–H and O–H groups in total. The number of pyridine rings is 1. The third kappa shape index (κ3) is 4.99. The minimum absolute atomic E-state index is 0.0719. The van der Waals surface area contributed by atoms with E-state index in [1.807, 2.05) is 36.4 Å². The Kier molecular flexibility index (Phi) is 6.62. The summed E-state index contributed by atoms with van der Waals surface area (Å²) in [6.07, 6.45) is 3.33. The molecule has 1 fully saturated rings. The first-order valence-electron chi connectivity index (χ1n) is 11.7. The van der Waals surface area contributed by atoms with Crippen molar-refractivity contribution in [2.24, 2.45) is 0 Å². The molecule has 0 radical (unpaired) electrons. The summed E-state index contributed by atoms with van der Waals surface area (Å²) in [4.78, 5) is 18.8. The lowest BCUT2D eigenvalue weighted by molar-refractivity contribution is -0.0156. The SMILES string of the molecule is COc1ccc(C2CN(C(=O)NCc3ccccn3)CCO2)cc1OC1Cc2ccccc2C1. The number of hydrogen-bond donors (Lipinski definition) is 1. The number of nitrogens with zero attached hydrogens (tertiary/aromatic N) is 2. The molecule has 1 aromatic heterocycles. The highest BCUT2D eigenvalue weighted by atomic mass is 16.5. The molecule has 0 saturated carbocycles. The van der Waals surface area contributed by atoms with E-state index in [9.17, 15) is 4.79 Å². The van der Waals surface area contributed by atoms with Gasteiger partial charge in [0.15, 0.2) is 11.5 Å². The Labute approximate surface area is 199 Å². The topological polar surface area (TPSA) is 72.9 Å². The zero-order chi connectivity index (χ0) is 23.3. The molecule has 1 aliphatic carbocycles. The Morgan fingerprint density at radius 2 is 1.88 bits per heavy atom. The van der Waals surface area contributed by atoms with Crippen molar-refractivity contribution in [1.82, 2.24) is 15.2 Å². The fraction of sp³-hybridized carbons (Fsp3) is 0.333. The quantitative estimate of drug-likeness (QED) is 0.605. The Morgan fingerprint density at radius 1 is 1.09 bits per heavy atom. The number of ether oxygens (including phenoxy) is 3. The first-order valence-corrected chi connectivity index (χ1v) is 11.7. The lowest BCUT2D eigenvalue weighted by Crippen LogP contribution is -2.47. The van der Waals surface area contributed by atoms with Gasteiger partial charge in [0.05, 0.1) is 32.5 Å². The van der Waals surface area contributed by atoms with Gasteiger partial charge < -0.3 is 24.4 Å². The third-order valence-corrected chi connectivity index (χ3v) is 6.37. The van der Waals surface area contributed by atoms with Gasteiger partial charge in [-0.15, -0.1) is 0 Å². The fourth-order valence-electron chi connectivity index (χ4n) is 4.58. The van der Waals surface area contributed by atoms with Gasteiger partial charge in [-0.2, -0.15) is 0 Å². The predicted octanol–water partition coefficient (Wildman–Crippen LogP) is 3.92. The molecular formula is C27H29N3O4. The summed E-state index contributed by atoms with van der Waals surface area (Å²) in [5.41, 5.74) is 4.47. The molecule has 176 valence electrons. The maximum absolute atomic E-state index is 12.7. The summed E-state index contributed by atoms with van der Waals surface area (Å²) in [7, 11) is 1.65. The van der Waals surface area contributed by atoms with Crippen molar-refractivity contribution in [2.45, 2.75) is 31.6 Å². The van der Waals surface area contributed by atoms with Crippen LogP contribution >= 0.6 is 0 Å². The molecule has 5 rings (SSSR count). The molecule has 1 atom stereocenters. The van der Waals surface area contributed by atoms with Gasteiger partial charge in [0.2, 0.25) is 0 Å². The Hall–Kier alpha value is -3.58. The van der Waals surface area contributed by atoms with Gasteiger partial charge in [0, 0.05) is 25.6 Å². The van der Waals surface area contributed by atoms with Crippen LogP contribution in [0.1, 0.15) is 28.5 Å². The summed E-state index contributed by atoms with van der Waals surface area (Å²) in [6.45, 7) is 1.88. The molecule has 2 heterocycles. The molecule has 1 unspecified atom stereocenters. The fourth-order valence-corrected chi connectivity index (χ4v) is 4.58. The number of urea groups is 1. The van der Waals surface area contributed by atoms with Gasteiger partial charge in [-0.25, -0.2) is 4.79 Å². The predicted molar refractivity (Wildman–Crippen MR) is 128 cm³/mol. The maximum atomic E-state index is 12.7. The molecule has 2 aliphatic rings. The highest BCUT2D eigenvalue weighted by Gasteiger charge is 2.28.